The first-order chi connectivity index (χ1) is 12.9. The van der Waals surface area contributed by atoms with Gasteiger partial charge < -0.3 is 5.73 Å². The van der Waals surface area contributed by atoms with Gasteiger partial charge in [-0.2, -0.15) is 15.8 Å². The Morgan fingerprint density at radius 2 is 1.89 bits per heavy atom. The third-order valence-corrected chi connectivity index (χ3v) is 5.97. The molecule has 0 fully saturated rings. The van der Waals surface area contributed by atoms with Crippen LogP contribution in [0.5, 0.6) is 0 Å². The molecular weight excluding hydrogens is 358 g/mol. The maximum absolute atomic E-state index is 9.89. The van der Waals surface area contributed by atoms with E-state index >= 15 is 0 Å². The summed E-state index contributed by atoms with van der Waals surface area (Å²) >= 11 is 6.46. The molecule has 1 heterocycles. The van der Waals surface area contributed by atoms with Gasteiger partial charge in [-0.3, -0.25) is 4.90 Å². The topological polar surface area (TPSA) is 101 Å². The van der Waals surface area contributed by atoms with Gasteiger partial charge in [0.1, 0.15) is 0 Å². The molecule has 3 rings (SSSR count). The van der Waals surface area contributed by atoms with Gasteiger partial charge in [0.05, 0.1) is 23.8 Å². The molecule has 6 heteroatoms. The summed E-state index contributed by atoms with van der Waals surface area (Å²) in [6.45, 7) is 5.48. The summed E-state index contributed by atoms with van der Waals surface area (Å²) < 4.78 is 0. The van der Waals surface area contributed by atoms with Gasteiger partial charge in [0.25, 0.3) is 0 Å². The van der Waals surface area contributed by atoms with Crippen LogP contribution in [0.3, 0.4) is 0 Å². The Morgan fingerprint density at radius 3 is 2.44 bits per heavy atom. The standard InChI is InChI=1S/C21H20ClN5/c1-13(2)27-8-7-16-15(10-27)19(14-5-3-4-6-18(14)22)20(26)17(9-23)21(16,11-24)12-25/h3-7,13,15,19H,8,10,26H2,1-2H3. The third-order valence-electron chi connectivity index (χ3n) is 5.63. The van der Waals surface area contributed by atoms with Crippen molar-refractivity contribution in [1.29, 1.82) is 15.8 Å². The molecule has 2 aliphatic rings. The highest BCUT2D eigenvalue weighted by atomic mass is 35.5. The van der Waals surface area contributed by atoms with Crippen molar-refractivity contribution in [3.8, 4) is 18.2 Å². The Kier molecular flexibility index (Phi) is 4.99. The number of benzene rings is 1. The fourth-order valence-corrected chi connectivity index (χ4v) is 4.44. The van der Waals surface area contributed by atoms with Crippen LogP contribution in [0.2, 0.25) is 5.02 Å². The average molecular weight is 378 g/mol. The van der Waals surface area contributed by atoms with Gasteiger partial charge in [-0.25, -0.2) is 0 Å². The van der Waals surface area contributed by atoms with E-state index in [-0.39, 0.29) is 23.1 Å². The molecule has 0 spiro atoms. The maximum atomic E-state index is 9.89. The van der Waals surface area contributed by atoms with Gasteiger partial charge in [0.2, 0.25) is 5.41 Å². The number of fused-ring (bicyclic) bond motifs is 1. The monoisotopic (exact) mass is 377 g/mol. The number of halogens is 1. The Bertz CT molecular complexity index is 940. The number of allylic oxidation sites excluding steroid dienone is 2. The Hall–Kier alpha value is -2.78. The van der Waals surface area contributed by atoms with Crippen LogP contribution >= 0.6 is 11.6 Å². The molecule has 1 aromatic carbocycles. The second-order valence-corrected chi connectivity index (χ2v) is 7.64. The molecule has 0 saturated carbocycles. The van der Waals surface area contributed by atoms with E-state index in [2.05, 4.69) is 30.9 Å². The molecule has 0 amide bonds. The van der Waals surface area contributed by atoms with Gasteiger partial charge in [-0.1, -0.05) is 35.9 Å². The summed E-state index contributed by atoms with van der Waals surface area (Å²) in [5.74, 6) is -0.548. The smallest absolute Gasteiger partial charge is 0.201 e. The predicted octanol–water partition coefficient (Wildman–Crippen LogP) is 3.47. The second kappa shape index (κ2) is 7.09. The molecule has 2 atom stereocenters. The SMILES string of the molecule is CC(C)N1CC=C2C(C1)C(c1ccccc1Cl)C(N)=C(C#N)C2(C#N)C#N. The van der Waals surface area contributed by atoms with E-state index in [4.69, 9.17) is 17.3 Å². The van der Waals surface area contributed by atoms with Crippen molar-refractivity contribution >= 4 is 11.6 Å². The fourth-order valence-electron chi connectivity index (χ4n) is 4.19. The van der Waals surface area contributed by atoms with Gasteiger partial charge >= 0.3 is 0 Å². The summed E-state index contributed by atoms with van der Waals surface area (Å²) in [6.07, 6.45) is 1.92. The summed E-state index contributed by atoms with van der Waals surface area (Å²) in [4.78, 5) is 2.27. The lowest BCUT2D eigenvalue weighted by Gasteiger charge is -2.46. The fraction of sp³-hybridized carbons (Fsp3) is 0.381. The van der Waals surface area contributed by atoms with E-state index in [9.17, 15) is 15.8 Å². The molecule has 0 saturated heterocycles. The van der Waals surface area contributed by atoms with Crippen molar-refractivity contribution in [1.82, 2.24) is 4.90 Å². The molecule has 27 heavy (non-hydrogen) atoms. The molecule has 136 valence electrons. The minimum atomic E-state index is -1.63. The zero-order chi connectivity index (χ0) is 19.8. The van der Waals surface area contributed by atoms with E-state index in [1.807, 2.05) is 30.3 Å². The zero-order valence-electron chi connectivity index (χ0n) is 15.3. The minimum Gasteiger partial charge on any atom is -0.401 e. The first kappa shape index (κ1) is 19.0. The first-order valence-corrected chi connectivity index (χ1v) is 9.20. The predicted molar refractivity (Wildman–Crippen MR) is 103 cm³/mol. The molecule has 1 aliphatic carbocycles. The number of nitrogens with two attached hydrogens (primary N) is 1. The van der Waals surface area contributed by atoms with Crippen LogP contribution in [-0.2, 0) is 0 Å². The zero-order valence-corrected chi connectivity index (χ0v) is 16.0. The molecule has 0 aromatic heterocycles. The lowest BCUT2D eigenvalue weighted by Crippen LogP contribution is -2.48. The van der Waals surface area contributed by atoms with Crippen LogP contribution in [0, 0.1) is 45.3 Å². The number of nitriles is 3. The first-order valence-electron chi connectivity index (χ1n) is 8.83. The lowest BCUT2D eigenvalue weighted by atomic mass is 9.59. The normalized spacial score (nSPS) is 24.4. The van der Waals surface area contributed by atoms with Crippen LogP contribution in [0.4, 0.5) is 0 Å². The average Bonchev–Trinajstić information content (AvgIpc) is 2.67. The van der Waals surface area contributed by atoms with Crippen molar-refractivity contribution in [2.24, 2.45) is 17.1 Å². The Balaban J connectivity index is 2.31. The second-order valence-electron chi connectivity index (χ2n) is 7.23. The Labute approximate surface area is 164 Å². The molecule has 1 aliphatic heterocycles. The van der Waals surface area contributed by atoms with E-state index < -0.39 is 5.41 Å². The van der Waals surface area contributed by atoms with Crippen molar-refractivity contribution in [3.63, 3.8) is 0 Å². The number of hydrogen-bond donors (Lipinski definition) is 1. The van der Waals surface area contributed by atoms with E-state index in [0.29, 0.717) is 29.7 Å². The van der Waals surface area contributed by atoms with Gasteiger partial charge in [0, 0.05) is 41.7 Å². The number of rotatable bonds is 2. The quantitative estimate of drug-likeness (QED) is 0.795. The minimum absolute atomic E-state index is 0.0258. The molecule has 5 nitrogen and oxygen atoms in total. The summed E-state index contributed by atoms with van der Waals surface area (Å²) in [6, 6.07) is 13.9. The van der Waals surface area contributed by atoms with Crippen molar-refractivity contribution < 1.29 is 0 Å². The van der Waals surface area contributed by atoms with Crippen LogP contribution in [-0.4, -0.2) is 24.0 Å². The highest BCUT2D eigenvalue weighted by Crippen LogP contribution is 2.53. The van der Waals surface area contributed by atoms with Crippen molar-refractivity contribution in [2.75, 3.05) is 13.1 Å². The van der Waals surface area contributed by atoms with Crippen molar-refractivity contribution in [2.45, 2.75) is 25.8 Å². The van der Waals surface area contributed by atoms with E-state index in [0.717, 1.165) is 5.56 Å². The Morgan fingerprint density at radius 1 is 1.22 bits per heavy atom. The highest BCUT2D eigenvalue weighted by molar-refractivity contribution is 6.31. The lowest BCUT2D eigenvalue weighted by molar-refractivity contribution is 0.185. The number of nitrogens with zero attached hydrogens (tertiary/aromatic N) is 4. The van der Waals surface area contributed by atoms with Gasteiger partial charge in [-0.15, -0.1) is 0 Å². The maximum Gasteiger partial charge on any atom is 0.201 e. The highest BCUT2D eigenvalue weighted by Gasteiger charge is 2.53. The van der Waals surface area contributed by atoms with E-state index in [1.165, 1.54) is 0 Å². The summed E-state index contributed by atoms with van der Waals surface area (Å²) in [7, 11) is 0. The summed E-state index contributed by atoms with van der Waals surface area (Å²) in [5, 5.41) is 30.1. The van der Waals surface area contributed by atoms with Gasteiger partial charge in [-0.05, 0) is 31.1 Å². The molecule has 1 aromatic rings. The van der Waals surface area contributed by atoms with Crippen LogP contribution in [0.25, 0.3) is 0 Å². The molecule has 0 radical (unpaired) electrons. The van der Waals surface area contributed by atoms with Crippen LogP contribution in [0.1, 0.15) is 25.3 Å². The molecule has 2 unspecified atom stereocenters. The largest absolute Gasteiger partial charge is 0.401 e. The van der Waals surface area contributed by atoms with Crippen LogP contribution in [0.15, 0.2) is 47.2 Å². The molecular formula is C21H20ClN5. The molecule has 2 N–H and O–H groups in total. The van der Waals surface area contributed by atoms with Gasteiger partial charge in [0.15, 0.2) is 0 Å². The molecule has 0 bridgehead atoms. The third kappa shape index (κ3) is 2.79. The van der Waals surface area contributed by atoms with E-state index in [1.54, 1.807) is 6.07 Å². The van der Waals surface area contributed by atoms with Crippen molar-refractivity contribution in [3.05, 3.63) is 57.8 Å². The number of hydrogen-bond acceptors (Lipinski definition) is 5. The van der Waals surface area contributed by atoms with Crippen LogP contribution < -0.4 is 5.73 Å². The summed E-state index contributed by atoms with van der Waals surface area (Å²) in [5.41, 5.74) is 6.58.